The Morgan fingerprint density at radius 2 is 2.00 bits per heavy atom. The summed E-state index contributed by atoms with van der Waals surface area (Å²) >= 11 is 11.3. The van der Waals surface area contributed by atoms with Gasteiger partial charge in [0, 0.05) is 5.56 Å². The standard InChI is InChI=1S/C17H18ClNO2S/c1-11-7-8-15(12(2)9-11)21-10-13-5-4-6-14(18)16(13)19-17(22)20-3/h4-9H,10H2,1-3H3,(H,19,22). The summed E-state index contributed by atoms with van der Waals surface area (Å²) in [6.07, 6.45) is 0. The third-order valence-electron chi connectivity index (χ3n) is 3.23. The van der Waals surface area contributed by atoms with Crippen LogP contribution in [0.4, 0.5) is 5.69 Å². The Morgan fingerprint density at radius 3 is 2.68 bits per heavy atom. The van der Waals surface area contributed by atoms with Crippen molar-refractivity contribution in [3.63, 3.8) is 0 Å². The minimum Gasteiger partial charge on any atom is -0.489 e. The molecule has 5 heteroatoms. The minimum atomic E-state index is 0.265. The van der Waals surface area contributed by atoms with Gasteiger partial charge in [-0.25, -0.2) is 0 Å². The van der Waals surface area contributed by atoms with E-state index in [9.17, 15) is 0 Å². The number of hydrogen-bond acceptors (Lipinski definition) is 3. The van der Waals surface area contributed by atoms with Crippen molar-refractivity contribution >= 4 is 34.7 Å². The number of hydrogen-bond donors (Lipinski definition) is 1. The summed E-state index contributed by atoms with van der Waals surface area (Å²) in [6.45, 7) is 4.47. The Kier molecular flexibility index (Phi) is 5.63. The van der Waals surface area contributed by atoms with Gasteiger partial charge >= 0.3 is 0 Å². The monoisotopic (exact) mass is 335 g/mol. The van der Waals surface area contributed by atoms with Crippen LogP contribution >= 0.6 is 23.8 Å². The molecule has 0 amide bonds. The zero-order valence-corrected chi connectivity index (χ0v) is 14.3. The zero-order valence-electron chi connectivity index (χ0n) is 12.8. The molecule has 0 unspecified atom stereocenters. The number of anilines is 1. The van der Waals surface area contributed by atoms with Crippen LogP contribution < -0.4 is 10.1 Å². The lowest BCUT2D eigenvalue weighted by atomic mass is 10.1. The average molecular weight is 336 g/mol. The van der Waals surface area contributed by atoms with Gasteiger partial charge in [0.05, 0.1) is 17.8 Å². The van der Waals surface area contributed by atoms with Crippen molar-refractivity contribution < 1.29 is 9.47 Å². The van der Waals surface area contributed by atoms with E-state index in [0.29, 0.717) is 17.3 Å². The molecule has 0 aromatic heterocycles. The quantitative estimate of drug-likeness (QED) is 0.807. The summed E-state index contributed by atoms with van der Waals surface area (Å²) in [4.78, 5) is 0. The predicted molar refractivity (Wildman–Crippen MR) is 94.9 cm³/mol. The molecule has 22 heavy (non-hydrogen) atoms. The first-order chi connectivity index (χ1) is 10.5. The normalized spacial score (nSPS) is 10.2. The second-order valence-corrected chi connectivity index (χ2v) is 5.73. The average Bonchev–Trinajstić information content (AvgIpc) is 2.49. The predicted octanol–water partition coefficient (Wildman–Crippen LogP) is 4.88. The molecule has 3 nitrogen and oxygen atoms in total. The van der Waals surface area contributed by atoms with Gasteiger partial charge < -0.3 is 14.8 Å². The van der Waals surface area contributed by atoms with Crippen molar-refractivity contribution in [1.29, 1.82) is 0 Å². The van der Waals surface area contributed by atoms with Gasteiger partial charge in [-0.3, -0.25) is 0 Å². The highest BCUT2D eigenvalue weighted by Gasteiger charge is 2.10. The summed E-state index contributed by atoms with van der Waals surface area (Å²) < 4.78 is 10.9. The maximum atomic E-state index is 6.23. The van der Waals surface area contributed by atoms with Crippen LogP contribution in [0.1, 0.15) is 16.7 Å². The van der Waals surface area contributed by atoms with E-state index in [0.717, 1.165) is 16.9 Å². The fraction of sp³-hybridized carbons (Fsp3) is 0.235. The Bertz CT molecular complexity index is 688. The minimum absolute atomic E-state index is 0.265. The van der Waals surface area contributed by atoms with E-state index in [4.69, 9.17) is 33.3 Å². The van der Waals surface area contributed by atoms with E-state index < -0.39 is 0 Å². The molecule has 0 saturated carbocycles. The van der Waals surface area contributed by atoms with Gasteiger partial charge in [-0.05, 0) is 43.8 Å². The third-order valence-corrected chi connectivity index (χ3v) is 3.81. The van der Waals surface area contributed by atoms with E-state index >= 15 is 0 Å². The molecule has 0 fully saturated rings. The summed E-state index contributed by atoms with van der Waals surface area (Å²) in [5.41, 5.74) is 3.93. The molecule has 0 spiro atoms. The topological polar surface area (TPSA) is 30.5 Å². The molecular weight excluding hydrogens is 318 g/mol. The number of nitrogens with one attached hydrogen (secondary N) is 1. The number of para-hydroxylation sites is 1. The van der Waals surface area contributed by atoms with E-state index in [-0.39, 0.29) is 5.17 Å². The molecule has 0 heterocycles. The third kappa shape index (κ3) is 4.12. The Labute approximate surface area is 141 Å². The maximum absolute atomic E-state index is 6.23. The van der Waals surface area contributed by atoms with Gasteiger partial charge in [-0.1, -0.05) is 41.4 Å². The van der Waals surface area contributed by atoms with Gasteiger partial charge in [0.2, 0.25) is 0 Å². The smallest absolute Gasteiger partial charge is 0.260 e. The molecular formula is C17H18ClNO2S. The number of halogens is 1. The molecule has 1 N–H and O–H groups in total. The number of rotatable bonds is 4. The largest absolute Gasteiger partial charge is 0.489 e. The van der Waals surface area contributed by atoms with Crippen molar-refractivity contribution in [2.24, 2.45) is 0 Å². The first-order valence-electron chi connectivity index (χ1n) is 6.83. The van der Waals surface area contributed by atoms with Crippen LogP contribution in [-0.4, -0.2) is 12.3 Å². The zero-order chi connectivity index (χ0) is 16.1. The van der Waals surface area contributed by atoms with Crippen molar-refractivity contribution in [3.05, 3.63) is 58.1 Å². The number of aryl methyl sites for hydroxylation is 2. The Balaban J connectivity index is 2.18. The van der Waals surface area contributed by atoms with Crippen molar-refractivity contribution in [1.82, 2.24) is 0 Å². The van der Waals surface area contributed by atoms with E-state index in [2.05, 4.69) is 18.3 Å². The lowest BCUT2D eigenvalue weighted by Gasteiger charge is -2.15. The Hall–Kier alpha value is -1.78. The lowest BCUT2D eigenvalue weighted by molar-refractivity contribution is 0.304. The van der Waals surface area contributed by atoms with Crippen molar-refractivity contribution in [2.75, 3.05) is 12.4 Å². The molecule has 0 bridgehead atoms. The van der Waals surface area contributed by atoms with Crippen LogP contribution in [0.2, 0.25) is 5.02 Å². The molecule has 2 aromatic rings. The van der Waals surface area contributed by atoms with Crippen LogP contribution in [0.5, 0.6) is 5.75 Å². The Morgan fingerprint density at radius 1 is 1.23 bits per heavy atom. The number of ether oxygens (including phenoxy) is 2. The van der Waals surface area contributed by atoms with Gasteiger partial charge in [0.1, 0.15) is 12.4 Å². The van der Waals surface area contributed by atoms with Crippen LogP contribution in [0.3, 0.4) is 0 Å². The molecule has 0 aliphatic heterocycles. The van der Waals surface area contributed by atoms with Gasteiger partial charge in [0.15, 0.2) is 0 Å². The summed E-state index contributed by atoms with van der Waals surface area (Å²) in [5, 5.41) is 3.82. The van der Waals surface area contributed by atoms with Crippen LogP contribution in [0.25, 0.3) is 0 Å². The first-order valence-corrected chi connectivity index (χ1v) is 7.62. The molecule has 116 valence electrons. The lowest BCUT2D eigenvalue weighted by Crippen LogP contribution is -2.13. The molecule has 0 aliphatic carbocycles. The summed E-state index contributed by atoms with van der Waals surface area (Å²) in [7, 11) is 1.51. The van der Waals surface area contributed by atoms with Gasteiger partial charge in [0.25, 0.3) is 5.17 Å². The first kappa shape index (κ1) is 16.6. The highest BCUT2D eigenvalue weighted by atomic mass is 35.5. The SMILES string of the molecule is COC(=S)Nc1c(Cl)cccc1COc1ccc(C)cc1C. The van der Waals surface area contributed by atoms with Crippen LogP contribution in [0.15, 0.2) is 36.4 Å². The molecule has 0 aliphatic rings. The van der Waals surface area contributed by atoms with Crippen LogP contribution in [-0.2, 0) is 11.3 Å². The van der Waals surface area contributed by atoms with E-state index in [1.54, 1.807) is 6.07 Å². The fourth-order valence-corrected chi connectivity index (χ4v) is 2.44. The molecule has 2 rings (SSSR count). The number of methoxy groups -OCH3 is 1. The summed E-state index contributed by atoms with van der Waals surface area (Å²) in [5.74, 6) is 0.853. The highest BCUT2D eigenvalue weighted by Crippen LogP contribution is 2.28. The second kappa shape index (κ2) is 7.47. The number of benzene rings is 2. The van der Waals surface area contributed by atoms with Crippen molar-refractivity contribution in [2.45, 2.75) is 20.5 Å². The molecule has 2 aromatic carbocycles. The van der Waals surface area contributed by atoms with E-state index in [1.807, 2.05) is 31.2 Å². The molecule has 0 saturated heterocycles. The molecule has 0 atom stereocenters. The number of thiocarbonyl (C=S) groups is 1. The molecule has 0 radical (unpaired) electrons. The van der Waals surface area contributed by atoms with Gasteiger partial charge in [-0.15, -0.1) is 0 Å². The highest BCUT2D eigenvalue weighted by molar-refractivity contribution is 7.80. The fourth-order valence-electron chi connectivity index (χ4n) is 2.10. The van der Waals surface area contributed by atoms with Crippen LogP contribution in [0, 0.1) is 13.8 Å². The van der Waals surface area contributed by atoms with Gasteiger partial charge in [-0.2, -0.15) is 0 Å². The second-order valence-electron chi connectivity index (χ2n) is 4.95. The van der Waals surface area contributed by atoms with E-state index in [1.165, 1.54) is 12.7 Å². The summed E-state index contributed by atoms with van der Waals surface area (Å²) in [6, 6.07) is 11.7. The maximum Gasteiger partial charge on any atom is 0.260 e. The van der Waals surface area contributed by atoms with Crippen molar-refractivity contribution in [3.8, 4) is 5.75 Å².